The van der Waals surface area contributed by atoms with Crippen LogP contribution in [0.1, 0.15) is 29.1 Å². The highest BCUT2D eigenvalue weighted by Crippen LogP contribution is 2.10. The largest absolute Gasteiger partial charge is 0.454 e. The fourth-order valence-corrected chi connectivity index (χ4v) is 3.13. The van der Waals surface area contributed by atoms with Crippen molar-refractivity contribution in [3.8, 4) is 0 Å². The predicted octanol–water partition coefficient (Wildman–Crippen LogP) is 2.54. The van der Waals surface area contributed by atoms with Crippen molar-refractivity contribution in [2.24, 2.45) is 5.92 Å². The van der Waals surface area contributed by atoms with E-state index >= 15 is 0 Å². The van der Waals surface area contributed by atoms with Crippen LogP contribution >= 0.6 is 11.3 Å². The van der Waals surface area contributed by atoms with Gasteiger partial charge >= 0.3 is 5.97 Å². The Bertz CT molecular complexity index is 808. The minimum atomic E-state index is -0.994. The monoisotopic (exact) mass is 406 g/mol. The zero-order chi connectivity index (χ0) is 20.5. The van der Waals surface area contributed by atoms with Crippen LogP contribution in [0, 0.1) is 11.7 Å². The number of ether oxygens (including phenoxy) is 1. The number of halogens is 1. The topological polar surface area (TPSA) is 84.5 Å². The minimum Gasteiger partial charge on any atom is -0.454 e. The lowest BCUT2D eigenvalue weighted by molar-refractivity contribution is -0.151. The van der Waals surface area contributed by atoms with Crippen LogP contribution in [-0.2, 0) is 20.7 Å². The zero-order valence-electron chi connectivity index (χ0n) is 15.7. The molecule has 2 aromatic rings. The van der Waals surface area contributed by atoms with Gasteiger partial charge in [0.05, 0.1) is 5.56 Å². The SMILES string of the molecule is CC(C)[C@H](NC(=O)c1ccccc1F)C(=O)OCC(=O)NCCc1cccs1. The van der Waals surface area contributed by atoms with Crippen molar-refractivity contribution in [1.29, 1.82) is 0 Å². The van der Waals surface area contributed by atoms with Crippen molar-refractivity contribution in [2.75, 3.05) is 13.2 Å². The van der Waals surface area contributed by atoms with E-state index in [1.54, 1.807) is 25.2 Å². The second-order valence-electron chi connectivity index (χ2n) is 6.46. The van der Waals surface area contributed by atoms with Crippen molar-refractivity contribution >= 4 is 29.1 Å². The number of thiophene rings is 1. The third-order valence-electron chi connectivity index (χ3n) is 3.94. The van der Waals surface area contributed by atoms with E-state index in [1.165, 1.54) is 18.2 Å². The average Bonchev–Trinajstić information content (AvgIpc) is 3.17. The second kappa shape index (κ2) is 10.6. The van der Waals surface area contributed by atoms with E-state index in [-0.39, 0.29) is 11.5 Å². The molecule has 0 fully saturated rings. The van der Waals surface area contributed by atoms with Gasteiger partial charge in [-0.05, 0) is 35.9 Å². The molecule has 2 rings (SSSR count). The summed E-state index contributed by atoms with van der Waals surface area (Å²) in [7, 11) is 0. The molecular weight excluding hydrogens is 383 g/mol. The van der Waals surface area contributed by atoms with Gasteiger partial charge in [0.1, 0.15) is 11.9 Å². The number of hydrogen-bond acceptors (Lipinski definition) is 5. The molecule has 1 heterocycles. The molecule has 150 valence electrons. The smallest absolute Gasteiger partial charge is 0.329 e. The van der Waals surface area contributed by atoms with Crippen molar-refractivity contribution in [1.82, 2.24) is 10.6 Å². The van der Waals surface area contributed by atoms with E-state index in [4.69, 9.17) is 4.74 Å². The maximum atomic E-state index is 13.7. The highest BCUT2D eigenvalue weighted by Gasteiger charge is 2.27. The Balaban J connectivity index is 1.82. The zero-order valence-corrected chi connectivity index (χ0v) is 16.6. The van der Waals surface area contributed by atoms with Crippen molar-refractivity contribution < 1.29 is 23.5 Å². The number of amides is 2. The number of benzene rings is 1. The van der Waals surface area contributed by atoms with Gasteiger partial charge in [0.15, 0.2) is 6.61 Å². The molecule has 0 aliphatic heterocycles. The summed E-state index contributed by atoms with van der Waals surface area (Å²) in [6.07, 6.45) is 0.699. The molecule has 0 spiro atoms. The summed E-state index contributed by atoms with van der Waals surface area (Å²) in [5.74, 6) is -2.86. The van der Waals surface area contributed by atoms with Gasteiger partial charge in [0, 0.05) is 11.4 Å². The molecule has 0 aliphatic carbocycles. The molecule has 0 radical (unpaired) electrons. The molecule has 2 N–H and O–H groups in total. The van der Waals surface area contributed by atoms with Crippen LogP contribution in [-0.4, -0.2) is 37.0 Å². The molecule has 0 aliphatic rings. The number of nitrogens with one attached hydrogen (secondary N) is 2. The van der Waals surface area contributed by atoms with Gasteiger partial charge in [-0.1, -0.05) is 32.0 Å². The minimum absolute atomic E-state index is 0.160. The standard InChI is InChI=1S/C20H23FN2O4S/c1-13(2)18(23-19(25)15-7-3-4-8-16(15)21)20(26)27-12-17(24)22-10-9-14-6-5-11-28-14/h3-8,11,13,18H,9-10,12H2,1-2H3,(H,22,24)(H,23,25)/t18-/m0/s1. The fourth-order valence-electron chi connectivity index (χ4n) is 2.42. The van der Waals surface area contributed by atoms with Gasteiger partial charge in [-0.2, -0.15) is 0 Å². The first-order valence-electron chi connectivity index (χ1n) is 8.89. The lowest BCUT2D eigenvalue weighted by Crippen LogP contribution is -2.46. The van der Waals surface area contributed by atoms with Crippen LogP contribution in [0.5, 0.6) is 0 Å². The summed E-state index contributed by atoms with van der Waals surface area (Å²) in [5.41, 5.74) is -0.160. The quantitative estimate of drug-likeness (QED) is 0.627. The summed E-state index contributed by atoms with van der Waals surface area (Å²) in [4.78, 5) is 37.5. The number of rotatable bonds is 9. The van der Waals surface area contributed by atoms with Crippen LogP contribution < -0.4 is 10.6 Å². The Kier molecular flexibility index (Phi) is 8.13. The van der Waals surface area contributed by atoms with Gasteiger partial charge in [-0.15, -0.1) is 11.3 Å². The maximum absolute atomic E-state index is 13.7. The Hall–Kier alpha value is -2.74. The molecule has 0 unspecified atom stereocenters. The van der Waals surface area contributed by atoms with Crippen LogP contribution in [0.4, 0.5) is 4.39 Å². The first-order chi connectivity index (χ1) is 13.4. The number of hydrogen-bond donors (Lipinski definition) is 2. The van der Waals surface area contributed by atoms with E-state index in [9.17, 15) is 18.8 Å². The van der Waals surface area contributed by atoms with Crippen molar-refractivity contribution in [3.05, 3.63) is 58.0 Å². The van der Waals surface area contributed by atoms with E-state index in [0.717, 1.165) is 10.9 Å². The molecule has 0 bridgehead atoms. The molecule has 2 amide bonds. The summed E-state index contributed by atoms with van der Waals surface area (Å²) in [5, 5.41) is 7.11. The van der Waals surface area contributed by atoms with Crippen LogP contribution in [0.3, 0.4) is 0 Å². The third-order valence-corrected chi connectivity index (χ3v) is 4.88. The van der Waals surface area contributed by atoms with E-state index < -0.39 is 36.2 Å². The average molecular weight is 406 g/mol. The number of esters is 1. The summed E-state index contributed by atoms with van der Waals surface area (Å²) < 4.78 is 18.8. The Morgan fingerprint density at radius 3 is 2.54 bits per heavy atom. The molecule has 8 heteroatoms. The first kappa shape index (κ1) is 21.6. The summed E-state index contributed by atoms with van der Waals surface area (Å²) in [6, 6.07) is 8.41. The number of carbonyl (C=O) groups excluding carboxylic acids is 3. The van der Waals surface area contributed by atoms with E-state index in [0.29, 0.717) is 13.0 Å². The van der Waals surface area contributed by atoms with E-state index in [1.807, 2.05) is 17.5 Å². The summed E-state index contributed by atoms with van der Waals surface area (Å²) >= 11 is 1.60. The third kappa shape index (κ3) is 6.45. The van der Waals surface area contributed by atoms with Crippen molar-refractivity contribution in [2.45, 2.75) is 26.3 Å². The molecule has 1 aromatic heterocycles. The Labute approximate surface area is 167 Å². The van der Waals surface area contributed by atoms with Crippen LogP contribution in [0.2, 0.25) is 0 Å². The fraction of sp³-hybridized carbons (Fsp3) is 0.350. The van der Waals surface area contributed by atoms with Gasteiger partial charge in [-0.25, -0.2) is 9.18 Å². The summed E-state index contributed by atoms with van der Waals surface area (Å²) in [6.45, 7) is 3.43. The molecule has 6 nitrogen and oxygen atoms in total. The van der Waals surface area contributed by atoms with Crippen molar-refractivity contribution in [3.63, 3.8) is 0 Å². The van der Waals surface area contributed by atoms with Gasteiger partial charge < -0.3 is 15.4 Å². The maximum Gasteiger partial charge on any atom is 0.329 e. The molecule has 1 aromatic carbocycles. The highest BCUT2D eigenvalue weighted by molar-refractivity contribution is 7.09. The molecule has 0 saturated carbocycles. The lowest BCUT2D eigenvalue weighted by atomic mass is 10.0. The first-order valence-corrected chi connectivity index (χ1v) is 9.77. The molecule has 28 heavy (non-hydrogen) atoms. The van der Waals surface area contributed by atoms with Crippen LogP contribution in [0.15, 0.2) is 41.8 Å². The van der Waals surface area contributed by atoms with Gasteiger partial charge in [0.25, 0.3) is 11.8 Å². The predicted molar refractivity (Wildman–Crippen MR) is 104 cm³/mol. The highest BCUT2D eigenvalue weighted by atomic mass is 32.1. The van der Waals surface area contributed by atoms with E-state index in [2.05, 4.69) is 10.6 Å². The van der Waals surface area contributed by atoms with Gasteiger partial charge in [-0.3, -0.25) is 9.59 Å². The Morgan fingerprint density at radius 1 is 1.14 bits per heavy atom. The Morgan fingerprint density at radius 2 is 1.89 bits per heavy atom. The molecule has 0 saturated heterocycles. The second-order valence-corrected chi connectivity index (χ2v) is 7.49. The molecular formula is C20H23FN2O4S. The normalized spacial score (nSPS) is 11.7. The van der Waals surface area contributed by atoms with Gasteiger partial charge in [0.2, 0.25) is 0 Å². The lowest BCUT2D eigenvalue weighted by Gasteiger charge is -2.21. The molecule has 1 atom stereocenters. The number of carbonyl (C=O) groups is 3. The van der Waals surface area contributed by atoms with Crippen LogP contribution in [0.25, 0.3) is 0 Å².